The second kappa shape index (κ2) is 6.95. The van der Waals surface area contributed by atoms with Crippen molar-refractivity contribution in [2.24, 2.45) is 0 Å². The molecule has 0 saturated carbocycles. The van der Waals surface area contributed by atoms with Gasteiger partial charge in [-0.05, 0) is 65.9 Å². The smallest absolute Gasteiger partial charge is 0.186 e. The molecule has 0 amide bonds. The Hall–Kier alpha value is -2.43. The van der Waals surface area contributed by atoms with Crippen LogP contribution in [0, 0.1) is 0 Å². The van der Waals surface area contributed by atoms with Crippen molar-refractivity contribution in [1.82, 2.24) is 9.97 Å². The fourth-order valence-electron chi connectivity index (χ4n) is 3.82. The van der Waals surface area contributed by atoms with E-state index in [1.54, 1.807) is 11.3 Å². The molecule has 5 heteroatoms. The number of halogens is 1. The molecule has 0 radical (unpaired) electrons. The molecule has 0 bridgehead atoms. The van der Waals surface area contributed by atoms with Crippen molar-refractivity contribution < 1.29 is 0 Å². The molecule has 2 aromatic carbocycles. The summed E-state index contributed by atoms with van der Waals surface area (Å²) in [6, 6.07) is 19.1. The second-order valence-corrected chi connectivity index (χ2v) is 8.27. The van der Waals surface area contributed by atoms with Crippen LogP contribution in [0.3, 0.4) is 0 Å². The maximum absolute atomic E-state index is 6.22. The number of fused-ring (bicyclic) bond motifs is 1. The van der Waals surface area contributed by atoms with E-state index >= 15 is 0 Å². The zero-order valence-electron chi connectivity index (χ0n) is 14.7. The van der Waals surface area contributed by atoms with Crippen LogP contribution in [-0.4, -0.2) is 16.5 Å². The molecule has 1 unspecified atom stereocenters. The van der Waals surface area contributed by atoms with E-state index < -0.39 is 0 Å². The third-order valence-corrected chi connectivity index (χ3v) is 6.41. The van der Waals surface area contributed by atoms with Gasteiger partial charge < -0.3 is 4.90 Å². The lowest BCUT2D eigenvalue weighted by Crippen LogP contribution is -2.22. The predicted molar refractivity (Wildman–Crippen MR) is 114 cm³/mol. The van der Waals surface area contributed by atoms with Crippen LogP contribution in [-0.2, 0) is 0 Å². The van der Waals surface area contributed by atoms with Crippen LogP contribution in [0.1, 0.15) is 24.4 Å². The van der Waals surface area contributed by atoms with E-state index in [4.69, 9.17) is 16.6 Å². The van der Waals surface area contributed by atoms with Crippen molar-refractivity contribution in [3.05, 3.63) is 77.6 Å². The molecule has 1 saturated heterocycles. The van der Waals surface area contributed by atoms with Crippen LogP contribution in [0.25, 0.3) is 21.3 Å². The molecule has 1 aliphatic heterocycles. The average Bonchev–Trinajstić information content (AvgIpc) is 3.35. The number of thiazole rings is 1. The van der Waals surface area contributed by atoms with E-state index in [1.165, 1.54) is 27.8 Å². The summed E-state index contributed by atoms with van der Waals surface area (Å²) in [5.41, 5.74) is 4.72. The highest BCUT2D eigenvalue weighted by Gasteiger charge is 2.28. The molecule has 0 N–H and O–H groups in total. The summed E-state index contributed by atoms with van der Waals surface area (Å²) < 4.78 is 1.22. The van der Waals surface area contributed by atoms with Crippen molar-refractivity contribution in [2.45, 2.75) is 18.9 Å². The number of rotatable bonds is 3. The van der Waals surface area contributed by atoms with Crippen molar-refractivity contribution in [3.8, 4) is 11.1 Å². The van der Waals surface area contributed by atoms with Crippen LogP contribution in [0.4, 0.5) is 5.13 Å². The Kier molecular flexibility index (Phi) is 4.30. The van der Waals surface area contributed by atoms with Gasteiger partial charge in [-0.1, -0.05) is 41.1 Å². The minimum absolute atomic E-state index is 0.351. The van der Waals surface area contributed by atoms with Gasteiger partial charge >= 0.3 is 0 Å². The Morgan fingerprint density at radius 2 is 1.89 bits per heavy atom. The molecular weight excluding hydrogens is 374 g/mol. The first-order valence-electron chi connectivity index (χ1n) is 9.11. The highest BCUT2D eigenvalue weighted by atomic mass is 35.5. The van der Waals surface area contributed by atoms with Crippen molar-refractivity contribution >= 4 is 38.3 Å². The molecule has 27 heavy (non-hydrogen) atoms. The van der Waals surface area contributed by atoms with Crippen LogP contribution < -0.4 is 4.90 Å². The first-order valence-corrected chi connectivity index (χ1v) is 10.3. The van der Waals surface area contributed by atoms with E-state index in [0.717, 1.165) is 28.6 Å². The van der Waals surface area contributed by atoms with E-state index in [9.17, 15) is 0 Å². The predicted octanol–water partition coefficient (Wildman–Crippen LogP) is 6.35. The molecule has 4 aromatic rings. The highest BCUT2D eigenvalue weighted by Crippen LogP contribution is 2.40. The fourth-order valence-corrected chi connectivity index (χ4v) is 5.09. The van der Waals surface area contributed by atoms with Gasteiger partial charge in [0.2, 0.25) is 0 Å². The molecular formula is C22H18ClN3S. The van der Waals surface area contributed by atoms with Crippen molar-refractivity contribution in [2.75, 3.05) is 11.4 Å². The van der Waals surface area contributed by atoms with Gasteiger partial charge in [-0.3, -0.25) is 4.98 Å². The first kappa shape index (κ1) is 16.7. The zero-order chi connectivity index (χ0) is 18.2. The SMILES string of the molecule is Clc1cccc(C2CCCN2c2nc3ccc(-c4ccncc4)cc3s2)c1. The van der Waals surface area contributed by atoms with Gasteiger partial charge in [0.25, 0.3) is 0 Å². The maximum Gasteiger partial charge on any atom is 0.186 e. The first-order chi connectivity index (χ1) is 13.3. The Labute approximate surface area is 167 Å². The minimum Gasteiger partial charge on any atom is -0.341 e. The Balaban J connectivity index is 1.51. The normalized spacial score (nSPS) is 16.9. The summed E-state index contributed by atoms with van der Waals surface area (Å²) in [6.45, 7) is 1.04. The van der Waals surface area contributed by atoms with Crippen LogP contribution >= 0.6 is 22.9 Å². The third-order valence-electron chi connectivity index (χ3n) is 5.12. The van der Waals surface area contributed by atoms with Crippen LogP contribution in [0.5, 0.6) is 0 Å². The van der Waals surface area contributed by atoms with E-state index in [-0.39, 0.29) is 0 Å². The van der Waals surface area contributed by atoms with Crippen molar-refractivity contribution in [1.29, 1.82) is 0 Å². The second-order valence-electron chi connectivity index (χ2n) is 6.82. The van der Waals surface area contributed by atoms with E-state index in [1.807, 2.05) is 36.7 Å². The number of nitrogens with zero attached hydrogens (tertiary/aromatic N) is 3. The lowest BCUT2D eigenvalue weighted by atomic mass is 10.1. The number of hydrogen-bond acceptors (Lipinski definition) is 4. The van der Waals surface area contributed by atoms with Gasteiger partial charge in [0.05, 0.1) is 16.3 Å². The molecule has 5 rings (SSSR count). The van der Waals surface area contributed by atoms with Crippen LogP contribution in [0.2, 0.25) is 5.02 Å². The quantitative estimate of drug-likeness (QED) is 0.407. The summed E-state index contributed by atoms with van der Waals surface area (Å²) in [5.74, 6) is 0. The molecule has 1 fully saturated rings. The Morgan fingerprint density at radius 3 is 2.74 bits per heavy atom. The lowest BCUT2D eigenvalue weighted by Gasteiger charge is -2.24. The van der Waals surface area contributed by atoms with Gasteiger partial charge in [0.1, 0.15) is 0 Å². The van der Waals surface area contributed by atoms with Crippen molar-refractivity contribution in [3.63, 3.8) is 0 Å². The molecule has 3 nitrogen and oxygen atoms in total. The molecule has 1 aliphatic rings. The average molecular weight is 392 g/mol. The lowest BCUT2D eigenvalue weighted by molar-refractivity contribution is 0.718. The molecule has 1 atom stereocenters. The zero-order valence-corrected chi connectivity index (χ0v) is 16.2. The summed E-state index contributed by atoms with van der Waals surface area (Å²) in [6.07, 6.45) is 5.98. The highest BCUT2D eigenvalue weighted by molar-refractivity contribution is 7.22. The monoisotopic (exact) mass is 391 g/mol. The Bertz CT molecular complexity index is 1090. The summed E-state index contributed by atoms with van der Waals surface area (Å²) in [4.78, 5) is 11.5. The van der Waals surface area contributed by atoms with Crippen LogP contribution in [0.15, 0.2) is 67.0 Å². The van der Waals surface area contributed by atoms with Gasteiger partial charge in [0.15, 0.2) is 5.13 Å². The van der Waals surface area contributed by atoms with Gasteiger partial charge in [0, 0.05) is 24.0 Å². The number of pyridine rings is 1. The summed E-state index contributed by atoms with van der Waals surface area (Å²) in [5, 5.41) is 1.89. The van der Waals surface area contributed by atoms with E-state index in [2.05, 4.69) is 40.2 Å². The number of benzene rings is 2. The van der Waals surface area contributed by atoms with Gasteiger partial charge in [-0.2, -0.15) is 0 Å². The molecule has 0 aliphatic carbocycles. The van der Waals surface area contributed by atoms with E-state index in [0.29, 0.717) is 6.04 Å². The number of hydrogen-bond donors (Lipinski definition) is 0. The third kappa shape index (κ3) is 3.20. The molecule has 0 spiro atoms. The minimum atomic E-state index is 0.351. The standard InChI is InChI=1S/C22H18ClN3S/c23-18-4-1-3-17(13-18)20-5-2-12-26(20)22-25-19-7-6-16(14-21(19)27-22)15-8-10-24-11-9-15/h1,3-4,6-11,13-14,20H,2,5,12H2. The molecule has 2 aromatic heterocycles. The largest absolute Gasteiger partial charge is 0.341 e. The fraction of sp³-hybridized carbons (Fsp3) is 0.182. The summed E-state index contributed by atoms with van der Waals surface area (Å²) in [7, 11) is 0. The summed E-state index contributed by atoms with van der Waals surface area (Å²) >= 11 is 7.99. The number of aromatic nitrogens is 2. The Morgan fingerprint density at radius 1 is 1.00 bits per heavy atom. The van der Waals surface area contributed by atoms with Gasteiger partial charge in [-0.15, -0.1) is 0 Å². The topological polar surface area (TPSA) is 29.0 Å². The molecule has 3 heterocycles. The maximum atomic E-state index is 6.22. The number of anilines is 1. The molecule has 134 valence electrons. The van der Waals surface area contributed by atoms with Gasteiger partial charge in [-0.25, -0.2) is 4.98 Å².